The molecule has 196 valence electrons. The van der Waals surface area contributed by atoms with Gasteiger partial charge in [0.15, 0.2) is 5.69 Å². The minimum Gasteiger partial charge on any atom is -0.322 e. The maximum Gasteiger partial charge on any atom is 0.321 e. The summed E-state index contributed by atoms with van der Waals surface area (Å²) in [5, 5.41) is 14.9. The van der Waals surface area contributed by atoms with Gasteiger partial charge in [0.05, 0.1) is 16.5 Å². The highest BCUT2D eigenvalue weighted by atomic mass is 35.5. The van der Waals surface area contributed by atoms with Crippen LogP contribution in [0.5, 0.6) is 0 Å². The molecule has 0 aromatic heterocycles. The second kappa shape index (κ2) is 11.6. The lowest BCUT2D eigenvalue weighted by Gasteiger charge is -2.34. The molecule has 1 heterocycles. The van der Waals surface area contributed by atoms with Crippen molar-refractivity contribution >= 4 is 68.1 Å². The van der Waals surface area contributed by atoms with Crippen LogP contribution < -0.4 is 5.32 Å². The summed E-state index contributed by atoms with van der Waals surface area (Å²) in [4.78, 5) is 28.7. The number of anilines is 1. The molecule has 0 aliphatic carbocycles. The first-order chi connectivity index (χ1) is 18.1. The van der Waals surface area contributed by atoms with Gasteiger partial charge >= 0.3 is 6.03 Å². The zero-order valence-electron chi connectivity index (χ0n) is 19.5. The van der Waals surface area contributed by atoms with E-state index in [1.54, 1.807) is 42.5 Å². The molecule has 4 rings (SSSR count). The number of nitrogens with zero attached hydrogens (tertiary/aromatic N) is 4. The molecule has 2 amide bonds. The molecular weight excluding hydrogens is 573 g/mol. The molecule has 0 bridgehead atoms. The van der Waals surface area contributed by atoms with Gasteiger partial charge in [0.1, 0.15) is 4.90 Å². The number of non-ortho nitro benzene ring substituents is 1. The molecule has 38 heavy (non-hydrogen) atoms. The Morgan fingerprint density at radius 2 is 1.68 bits per heavy atom. The lowest BCUT2D eigenvalue weighted by atomic mass is 10.3. The Morgan fingerprint density at radius 1 is 1.00 bits per heavy atom. The molecule has 0 atom stereocenters. The van der Waals surface area contributed by atoms with Gasteiger partial charge in [-0.05, 0) is 36.4 Å². The van der Waals surface area contributed by atoms with Crippen molar-refractivity contribution in [1.29, 1.82) is 0 Å². The van der Waals surface area contributed by atoms with Crippen molar-refractivity contribution in [1.82, 2.24) is 9.21 Å². The number of carbonyl (C=O) groups is 1. The first-order valence-electron chi connectivity index (χ1n) is 11.0. The number of amides is 2. The molecule has 1 N–H and O–H groups in total. The lowest BCUT2D eigenvalue weighted by molar-refractivity contribution is -0.385. The highest BCUT2D eigenvalue weighted by Gasteiger charge is 2.33. The average Bonchev–Trinajstić information content (AvgIpc) is 2.91. The van der Waals surface area contributed by atoms with Crippen molar-refractivity contribution in [2.24, 2.45) is 0 Å². The van der Waals surface area contributed by atoms with E-state index in [2.05, 4.69) is 10.2 Å². The molecule has 3 aromatic carbocycles. The highest BCUT2D eigenvalue weighted by molar-refractivity contribution is 8.00. The number of hydrogen-bond acceptors (Lipinski definition) is 6. The second-order valence-corrected chi connectivity index (χ2v) is 11.9. The minimum atomic E-state index is -4.16. The number of benzene rings is 3. The number of sulfonamides is 1. The monoisotopic (exact) mass is 591 g/mol. The van der Waals surface area contributed by atoms with E-state index >= 15 is 0 Å². The number of nitro groups is 1. The SMILES string of the molecule is [C-]#[N+]c1ccc(NC(=O)N2CCN(S(=O)(=O)c3cc([N+](=O)[O-])ccc3Sc3cc(Cl)ccc3Cl)CC2)cc1. The third kappa shape index (κ3) is 6.20. The van der Waals surface area contributed by atoms with Crippen LogP contribution in [0.4, 0.5) is 21.9 Å². The molecule has 3 aromatic rings. The van der Waals surface area contributed by atoms with Crippen molar-refractivity contribution in [2.75, 3.05) is 31.5 Å². The number of urea groups is 1. The van der Waals surface area contributed by atoms with Crippen molar-refractivity contribution in [3.05, 3.63) is 92.2 Å². The minimum absolute atomic E-state index is 0.00284. The van der Waals surface area contributed by atoms with Gasteiger partial charge in [-0.15, -0.1) is 0 Å². The number of nitrogens with one attached hydrogen (secondary N) is 1. The summed E-state index contributed by atoms with van der Waals surface area (Å²) in [6.07, 6.45) is 0. The molecule has 0 spiro atoms. The van der Waals surface area contributed by atoms with Crippen LogP contribution in [0.1, 0.15) is 0 Å². The van der Waals surface area contributed by atoms with Crippen LogP contribution in [-0.2, 0) is 10.0 Å². The Hall–Kier alpha value is -3.34. The number of carbonyl (C=O) groups excluding carboxylic acids is 1. The van der Waals surface area contributed by atoms with Crippen LogP contribution in [0.25, 0.3) is 4.85 Å². The molecule has 1 fully saturated rings. The van der Waals surface area contributed by atoms with Crippen LogP contribution in [0.15, 0.2) is 75.4 Å². The van der Waals surface area contributed by atoms with Gasteiger partial charge in [0.2, 0.25) is 10.0 Å². The maximum absolute atomic E-state index is 13.6. The first kappa shape index (κ1) is 27.7. The summed E-state index contributed by atoms with van der Waals surface area (Å²) in [6.45, 7) is 7.22. The number of hydrogen-bond donors (Lipinski definition) is 1. The van der Waals surface area contributed by atoms with E-state index in [1.165, 1.54) is 21.3 Å². The van der Waals surface area contributed by atoms with Crippen LogP contribution in [0.3, 0.4) is 0 Å². The summed E-state index contributed by atoms with van der Waals surface area (Å²) in [7, 11) is -4.16. The highest BCUT2D eigenvalue weighted by Crippen LogP contribution is 2.40. The van der Waals surface area contributed by atoms with E-state index in [-0.39, 0.29) is 41.7 Å². The summed E-state index contributed by atoms with van der Waals surface area (Å²) < 4.78 is 28.5. The Morgan fingerprint density at radius 3 is 2.32 bits per heavy atom. The van der Waals surface area contributed by atoms with E-state index in [0.29, 0.717) is 26.3 Å². The Bertz CT molecular complexity index is 1540. The summed E-state index contributed by atoms with van der Waals surface area (Å²) in [5.74, 6) is 0. The van der Waals surface area contributed by atoms with E-state index in [9.17, 15) is 23.3 Å². The van der Waals surface area contributed by atoms with Crippen molar-refractivity contribution in [3.63, 3.8) is 0 Å². The zero-order chi connectivity index (χ0) is 27.4. The Labute approximate surface area is 233 Å². The van der Waals surface area contributed by atoms with Gasteiger partial charge in [-0.3, -0.25) is 10.1 Å². The summed E-state index contributed by atoms with van der Waals surface area (Å²) in [5.41, 5.74) is 0.584. The fourth-order valence-electron chi connectivity index (χ4n) is 3.66. The second-order valence-electron chi connectivity index (χ2n) is 8.04. The molecule has 0 saturated carbocycles. The molecule has 0 unspecified atom stereocenters. The van der Waals surface area contributed by atoms with Crippen molar-refractivity contribution < 1.29 is 18.1 Å². The summed E-state index contributed by atoms with van der Waals surface area (Å²) >= 11 is 13.4. The fraction of sp³-hybridized carbons (Fsp3) is 0.167. The van der Waals surface area contributed by atoms with Crippen LogP contribution >= 0.6 is 35.0 Å². The topological polar surface area (TPSA) is 117 Å². The number of nitro benzene ring substituents is 1. The predicted molar refractivity (Wildman–Crippen MR) is 146 cm³/mol. The van der Waals surface area contributed by atoms with Crippen LogP contribution in [0.2, 0.25) is 10.0 Å². The maximum atomic E-state index is 13.6. The predicted octanol–water partition coefficient (Wildman–Crippen LogP) is 6.14. The zero-order valence-corrected chi connectivity index (χ0v) is 22.6. The van der Waals surface area contributed by atoms with E-state index < -0.39 is 21.0 Å². The van der Waals surface area contributed by atoms with Crippen molar-refractivity contribution in [3.8, 4) is 0 Å². The summed E-state index contributed by atoms with van der Waals surface area (Å²) in [6, 6.07) is 14.4. The molecular formula is C24H19Cl2N5O5S2. The normalized spacial score (nSPS) is 14.1. The van der Waals surface area contributed by atoms with Gasteiger partial charge in [0, 0.05) is 58.8 Å². The van der Waals surface area contributed by atoms with Gasteiger partial charge in [0.25, 0.3) is 5.69 Å². The number of piperazine rings is 1. The lowest BCUT2D eigenvalue weighted by Crippen LogP contribution is -2.51. The van der Waals surface area contributed by atoms with Crippen LogP contribution in [0, 0.1) is 16.7 Å². The average molecular weight is 592 g/mol. The molecule has 0 radical (unpaired) electrons. The quantitative estimate of drug-likeness (QED) is 0.209. The largest absolute Gasteiger partial charge is 0.322 e. The number of halogens is 2. The molecule has 14 heteroatoms. The van der Waals surface area contributed by atoms with E-state index in [4.69, 9.17) is 29.8 Å². The smallest absolute Gasteiger partial charge is 0.321 e. The Kier molecular flexibility index (Phi) is 8.44. The third-order valence-corrected chi connectivity index (χ3v) is 9.52. The number of rotatable bonds is 6. The first-order valence-corrected chi connectivity index (χ1v) is 14.0. The van der Waals surface area contributed by atoms with Crippen molar-refractivity contribution in [2.45, 2.75) is 14.7 Å². The molecule has 1 saturated heterocycles. The van der Waals surface area contributed by atoms with Gasteiger partial charge in [-0.1, -0.05) is 47.1 Å². The van der Waals surface area contributed by atoms with Crippen LogP contribution in [-0.4, -0.2) is 54.8 Å². The van der Waals surface area contributed by atoms with Gasteiger partial charge in [-0.2, -0.15) is 4.31 Å². The molecule has 1 aliphatic rings. The van der Waals surface area contributed by atoms with Gasteiger partial charge < -0.3 is 10.2 Å². The van der Waals surface area contributed by atoms with E-state index in [0.717, 1.165) is 17.8 Å². The third-order valence-electron chi connectivity index (χ3n) is 5.64. The standard InChI is InChI=1S/C24H19Cl2N5O5S2/c1-27-17-3-5-18(6-4-17)28-24(32)29-10-12-30(13-11-29)38(35,36)23-15-19(31(33)34)7-9-21(23)37-22-14-16(25)2-8-20(22)26/h2-9,14-15H,10-13H2,(H,28,32). The fourth-order valence-corrected chi connectivity index (χ4v) is 6.97. The van der Waals surface area contributed by atoms with Gasteiger partial charge in [-0.25, -0.2) is 18.1 Å². The molecule has 10 nitrogen and oxygen atoms in total. The van der Waals surface area contributed by atoms with E-state index in [1.807, 2.05) is 0 Å². The Balaban J connectivity index is 1.53. The molecule has 1 aliphatic heterocycles.